The van der Waals surface area contributed by atoms with Crippen LogP contribution in [0.15, 0.2) is 34.3 Å². The highest BCUT2D eigenvalue weighted by molar-refractivity contribution is 7.99. The van der Waals surface area contributed by atoms with Crippen molar-refractivity contribution in [3.63, 3.8) is 0 Å². The maximum absolute atomic E-state index is 12.2. The molecule has 3 N–H and O–H groups in total. The maximum Gasteiger partial charge on any atom is 0.234 e. The molecular weight excluding hydrogens is 372 g/mol. The molecular formula is C17H18N4OS3. The molecule has 0 saturated heterocycles. The summed E-state index contributed by atoms with van der Waals surface area (Å²) in [6, 6.07) is 7.75. The fourth-order valence-electron chi connectivity index (χ4n) is 2.35. The van der Waals surface area contributed by atoms with Crippen molar-refractivity contribution in [1.29, 1.82) is 0 Å². The van der Waals surface area contributed by atoms with Crippen molar-refractivity contribution in [3.8, 4) is 0 Å². The van der Waals surface area contributed by atoms with Gasteiger partial charge >= 0.3 is 0 Å². The van der Waals surface area contributed by atoms with Crippen LogP contribution in [0.1, 0.15) is 10.4 Å². The number of hydrogen-bond donors (Lipinski definition) is 2. The molecule has 0 atom stereocenters. The zero-order chi connectivity index (χ0) is 18.0. The molecule has 1 aromatic carbocycles. The van der Waals surface area contributed by atoms with Gasteiger partial charge in [-0.05, 0) is 43.9 Å². The lowest BCUT2D eigenvalue weighted by atomic mass is 10.2. The number of nitrogens with zero attached hydrogens (tertiary/aromatic N) is 2. The summed E-state index contributed by atoms with van der Waals surface area (Å²) in [5.41, 5.74) is 7.99. The molecule has 8 heteroatoms. The minimum Gasteiger partial charge on any atom is -0.383 e. The third kappa shape index (κ3) is 4.08. The van der Waals surface area contributed by atoms with E-state index in [1.165, 1.54) is 16.6 Å². The summed E-state index contributed by atoms with van der Waals surface area (Å²) in [5.74, 6) is 0.615. The molecule has 0 aliphatic heterocycles. The predicted octanol–water partition coefficient (Wildman–Crippen LogP) is 4.34. The molecule has 25 heavy (non-hydrogen) atoms. The van der Waals surface area contributed by atoms with Gasteiger partial charge in [0.2, 0.25) is 5.91 Å². The number of carbonyl (C=O) groups excluding carboxylic acids is 1. The Morgan fingerprint density at radius 3 is 2.88 bits per heavy atom. The summed E-state index contributed by atoms with van der Waals surface area (Å²) in [6.07, 6.45) is 2.00. The first-order valence-electron chi connectivity index (χ1n) is 7.58. The van der Waals surface area contributed by atoms with Gasteiger partial charge in [0, 0.05) is 15.5 Å². The van der Waals surface area contributed by atoms with E-state index in [-0.39, 0.29) is 11.7 Å². The number of anilines is 2. The van der Waals surface area contributed by atoms with Crippen LogP contribution in [-0.4, -0.2) is 27.9 Å². The third-order valence-electron chi connectivity index (χ3n) is 3.72. The average molecular weight is 391 g/mol. The highest BCUT2D eigenvalue weighted by Gasteiger charge is 2.14. The van der Waals surface area contributed by atoms with Crippen molar-refractivity contribution in [2.45, 2.75) is 23.9 Å². The van der Waals surface area contributed by atoms with Gasteiger partial charge in [0.25, 0.3) is 0 Å². The monoisotopic (exact) mass is 390 g/mol. The molecule has 0 unspecified atom stereocenters. The summed E-state index contributed by atoms with van der Waals surface area (Å²) in [7, 11) is 0. The Morgan fingerprint density at radius 1 is 1.32 bits per heavy atom. The van der Waals surface area contributed by atoms with Gasteiger partial charge < -0.3 is 11.1 Å². The molecule has 2 heterocycles. The number of hydrogen-bond acceptors (Lipinski definition) is 7. The number of fused-ring (bicyclic) bond motifs is 1. The number of aromatic nitrogens is 2. The number of thioether (sulfide) groups is 2. The van der Waals surface area contributed by atoms with Crippen molar-refractivity contribution in [2.75, 3.05) is 23.1 Å². The molecule has 3 aromatic rings. The maximum atomic E-state index is 12.2. The average Bonchev–Trinajstić information content (AvgIpc) is 2.88. The zero-order valence-electron chi connectivity index (χ0n) is 14.1. The Kier molecular flexibility index (Phi) is 5.51. The second kappa shape index (κ2) is 7.63. The number of thiophene rings is 1. The highest BCUT2D eigenvalue weighted by atomic mass is 32.2. The summed E-state index contributed by atoms with van der Waals surface area (Å²) in [5, 5.41) is 4.34. The number of benzene rings is 1. The number of nitrogens with one attached hydrogen (secondary N) is 1. The van der Waals surface area contributed by atoms with Crippen molar-refractivity contribution in [2.24, 2.45) is 0 Å². The van der Waals surface area contributed by atoms with Gasteiger partial charge in [-0.3, -0.25) is 4.79 Å². The van der Waals surface area contributed by atoms with Gasteiger partial charge in [0.1, 0.15) is 10.6 Å². The van der Waals surface area contributed by atoms with Gasteiger partial charge in [-0.15, -0.1) is 23.1 Å². The minimum absolute atomic E-state index is 0.0935. The van der Waals surface area contributed by atoms with Gasteiger partial charge in [-0.1, -0.05) is 17.8 Å². The molecule has 2 aromatic heterocycles. The summed E-state index contributed by atoms with van der Waals surface area (Å²) in [6.45, 7) is 4.07. The van der Waals surface area contributed by atoms with Crippen LogP contribution in [0.3, 0.4) is 0 Å². The van der Waals surface area contributed by atoms with Crippen LogP contribution in [-0.2, 0) is 4.79 Å². The molecule has 0 aliphatic carbocycles. The van der Waals surface area contributed by atoms with Crippen LogP contribution in [0.5, 0.6) is 0 Å². The number of carbonyl (C=O) groups is 1. The molecule has 5 nitrogen and oxygen atoms in total. The van der Waals surface area contributed by atoms with E-state index in [2.05, 4.69) is 15.3 Å². The second-order valence-electron chi connectivity index (χ2n) is 5.42. The van der Waals surface area contributed by atoms with Crippen molar-refractivity contribution >= 4 is 62.5 Å². The normalized spacial score (nSPS) is 11.0. The van der Waals surface area contributed by atoms with Crippen molar-refractivity contribution < 1.29 is 4.79 Å². The van der Waals surface area contributed by atoms with Gasteiger partial charge in [-0.25, -0.2) is 9.97 Å². The minimum atomic E-state index is -0.0935. The Bertz CT molecular complexity index is 939. The van der Waals surface area contributed by atoms with E-state index < -0.39 is 0 Å². The first-order valence-corrected chi connectivity index (χ1v) is 10.6. The fraction of sp³-hybridized carbons (Fsp3) is 0.235. The lowest BCUT2D eigenvalue weighted by Gasteiger charge is -2.06. The van der Waals surface area contributed by atoms with Crippen molar-refractivity contribution in [3.05, 3.63) is 34.7 Å². The number of rotatable bonds is 5. The highest BCUT2D eigenvalue weighted by Crippen LogP contribution is 2.33. The molecule has 0 aliphatic rings. The van der Waals surface area contributed by atoms with Gasteiger partial charge in [0.05, 0.1) is 11.1 Å². The van der Waals surface area contributed by atoms with Gasteiger partial charge in [0.15, 0.2) is 5.16 Å². The molecule has 1 amide bonds. The molecule has 3 rings (SSSR count). The largest absolute Gasteiger partial charge is 0.383 e. The van der Waals surface area contributed by atoms with E-state index in [1.54, 1.807) is 23.1 Å². The van der Waals surface area contributed by atoms with E-state index in [0.717, 1.165) is 26.4 Å². The lowest BCUT2D eigenvalue weighted by molar-refractivity contribution is -0.113. The molecule has 130 valence electrons. The Balaban J connectivity index is 1.68. The van der Waals surface area contributed by atoms with Crippen LogP contribution in [0, 0.1) is 13.8 Å². The van der Waals surface area contributed by atoms with Crippen LogP contribution < -0.4 is 11.1 Å². The zero-order valence-corrected chi connectivity index (χ0v) is 16.6. The topological polar surface area (TPSA) is 80.9 Å². The molecule has 0 radical (unpaired) electrons. The van der Waals surface area contributed by atoms with Crippen molar-refractivity contribution in [1.82, 2.24) is 9.97 Å². The Hall–Kier alpha value is -1.77. The standard InChI is InChI=1S/C17H18N4OS3/c1-9-10(2)25-16-14(9)15(18)20-17(21-16)24-8-13(22)19-11-5-4-6-12(7-11)23-3/h4-7H,8H2,1-3H3,(H,19,22)(H2,18,20,21). The van der Waals surface area contributed by atoms with E-state index in [0.29, 0.717) is 11.0 Å². The SMILES string of the molecule is CSc1cccc(NC(=O)CSc2nc(N)c3c(C)c(C)sc3n2)c1. The smallest absolute Gasteiger partial charge is 0.234 e. The predicted molar refractivity (Wildman–Crippen MR) is 109 cm³/mol. The quantitative estimate of drug-likeness (QED) is 0.498. The van der Waals surface area contributed by atoms with Gasteiger partial charge in [-0.2, -0.15) is 0 Å². The fourth-order valence-corrected chi connectivity index (χ4v) is 4.56. The van der Waals surface area contributed by atoms with Crippen LogP contribution in [0.25, 0.3) is 10.2 Å². The number of nitrogen functional groups attached to an aromatic ring is 1. The first kappa shape index (κ1) is 18.0. The Labute approximate surface area is 158 Å². The summed E-state index contributed by atoms with van der Waals surface area (Å²) >= 11 is 4.53. The number of nitrogens with two attached hydrogens (primary N) is 1. The molecule has 0 spiro atoms. The molecule has 0 saturated carbocycles. The van der Waals surface area contributed by atoms with E-state index in [1.807, 2.05) is 44.4 Å². The number of aryl methyl sites for hydroxylation is 2. The molecule has 0 fully saturated rings. The first-order chi connectivity index (χ1) is 12.0. The lowest BCUT2D eigenvalue weighted by Crippen LogP contribution is -2.14. The van der Waals surface area contributed by atoms with E-state index in [9.17, 15) is 4.79 Å². The second-order valence-corrected chi connectivity index (χ2v) is 8.45. The Morgan fingerprint density at radius 2 is 2.12 bits per heavy atom. The van der Waals surface area contributed by atoms with E-state index >= 15 is 0 Å². The van der Waals surface area contributed by atoms with Crippen LogP contribution >= 0.6 is 34.9 Å². The third-order valence-corrected chi connectivity index (χ3v) is 6.40. The summed E-state index contributed by atoms with van der Waals surface area (Å²) < 4.78 is 0. The van der Waals surface area contributed by atoms with Crippen LogP contribution in [0.2, 0.25) is 0 Å². The van der Waals surface area contributed by atoms with E-state index in [4.69, 9.17) is 5.73 Å². The number of amides is 1. The van der Waals surface area contributed by atoms with Crippen LogP contribution in [0.4, 0.5) is 11.5 Å². The molecule has 0 bridgehead atoms. The summed E-state index contributed by atoms with van der Waals surface area (Å²) in [4.78, 5) is 24.2.